The Balaban J connectivity index is 1.64. The van der Waals surface area contributed by atoms with Gasteiger partial charge in [-0.25, -0.2) is 4.79 Å². The zero-order chi connectivity index (χ0) is 20.9. The van der Waals surface area contributed by atoms with Crippen LogP contribution in [0.4, 0.5) is 4.79 Å². The maximum Gasteiger partial charge on any atom is 0.325 e. The third-order valence-corrected chi connectivity index (χ3v) is 5.23. The van der Waals surface area contributed by atoms with Gasteiger partial charge in [0.15, 0.2) is 0 Å². The average Bonchev–Trinajstić information content (AvgIpc) is 2.94. The van der Waals surface area contributed by atoms with Crippen LogP contribution in [0.3, 0.4) is 0 Å². The Bertz CT molecular complexity index is 903. The van der Waals surface area contributed by atoms with Gasteiger partial charge in [0.1, 0.15) is 12.1 Å². The molecule has 0 bridgehead atoms. The van der Waals surface area contributed by atoms with Crippen LogP contribution in [-0.2, 0) is 21.5 Å². The number of amides is 4. The number of carbonyl (C=O) groups excluding carboxylic acids is 3. The first kappa shape index (κ1) is 20.9. The molecule has 6 nitrogen and oxygen atoms in total. The highest BCUT2D eigenvalue weighted by molar-refractivity contribution is 6.30. The van der Waals surface area contributed by atoms with E-state index in [1.54, 1.807) is 6.07 Å². The molecule has 1 fully saturated rings. The first-order valence-electron chi connectivity index (χ1n) is 9.67. The summed E-state index contributed by atoms with van der Waals surface area (Å²) >= 11 is 5.96. The number of nitrogens with one attached hydrogen (secondary N) is 2. The fourth-order valence-corrected chi connectivity index (χ4v) is 3.83. The Morgan fingerprint density at radius 2 is 1.90 bits per heavy atom. The molecule has 1 saturated heterocycles. The van der Waals surface area contributed by atoms with Crippen molar-refractivity contribution in [3.8, 4) is 0 Å². The van der Waals surface area contributed by atoms with Gasteiger partial charge in [-0.15, -0.1) is 0 Å². The molecule has 0 unspecified atom stereocenters. The van der Waals surface area contributed by atoms with Gasteiger partial charge in [-0.2, -0.15) is 0 Å². The van der Waals surface area contributed by atoms with Crippen molar-refractivity contribution in [2.45, 2.75) is 31.7 Å². The quantitative estimate of drug-likeness (QED) is 0.652. The fraction of sp³-hybridized carbons (Fsp3) is 0.318. The Kier molecular flexibility index (Phi) is 6.54. The molecule has 7 heteroatoms. The molecule has 2 aromatic rings. The zero-order valence-corrected chi connectivity index (χ0v) is 17.0. The zero-order valence-electron chi connectivity index (χ0n) is 16.3. The minimum atomic E-state index is -1.12. The van der Waals surface area contributed by atoms with E-state index >= 15 is 0 Å². The number of imide groups is 1. The molecule has 152 valence electrons. The number of urea groups is 1. The summed E-state index contributed by atoms with van der Waals surface area (Å²) < 4.78 is 0. The van der Waals surface area contributed by atoms with E-state index in [0.29, 0.717) is 30.8 Å². The lowest BCUT2D eigenvalue weighted by Gasteiger charge is -2.26. The van der Waals surface area contributed by atoms with Gasteiger partial charge < -0.3 is 10.6 Å². The number of rotatable bonds is 8. The van der Waals surface area contributed by atoms with Crippen LogP contribution in [0.2, 0.25) is 5.02 Å². The first-order chi connectivity index (χ1) is 14.0. The van der Waals surface area contributed by atoms with Crippen LogP contribution in [0.5, 0.6) is 0 Å². The van der Waals surface area contributed by atoms with E-state index in [0.717, 1.165) is 16.0 Å². The van der Waals surface area contributed by atoms with Crippen LogP contribution < -0.4 is 10.6 Å². The highest BCUT2D eigenvalue weighted by Gasteiger charge is 2.52. The fourth-order valence-electron chi connectivity index (χ4n) is 3.62. The van der Waals surface area contributed by atoms with Crippen LogP contribution in [-0.4, -0.2) is 35.8 Å². The molecule has 2 aromatic carbocycles. The molecule has 1 atom stereocenters. The number of benzene rings is 2. The van der Waals surface area contributed by atoms with Crippen LogP contribution in [0, 0.1) is 0 Å². The van der Waals surface area contributed by atoms with Gasteiger partial charge in [-0.3, -0.25) is 14.5 Å². The van der Waals surface area contributed by atoms with Crippen LogP contribution >= 0.6 is 11.6 Å². The van der Waals surface area contributed by atoms with Gasteiger partial charge in [0.2, 0.25) is 5.91 Å². The normalized spacial score (nSPS) is 18.6. The third kappa shape index (κ3) is 4.59. The second-order valence-electron chi connectivity index (χ2n) is 7.07. The van der Waals surface area contributed by atoms with Gasteiger partial charge in [-0.1, -0.05) is 67.4 Å². The number of halogens is 1. The van der Waals surface area contributed by atoms with Crippen molar-refractivity contribution >= 4 is 29.4 Å². The monoisotopic (exact) mass is 413 g/mol. The molecule has 3 rings (SSSR count). The molecule has 4 amide bonds. The van der Waals surface area contributed by atoms with Gasteiger partial charge in [0.25, 0.3) is 5.91 Å². The van der Waals surface area contributed by atoms with E-state index in [1.807, 2.05) is 55.5 Å². The van der Waals surface area contributed by atoms with Crippen LogP contribution in [0.15, 0.2) is 54.6 Å². The summed E-state index contributed by atoms with van der Waals surface area (Å²) in [6.07, 6.45) is 1.78. The predicted octanol–water partition coefficient (Wildman–Crippen LogP) is 3.25. The summed E-state index contributed by atoms with van der Waals surface area (Å²) in [7, 11) is 0. The lowest BCUT2D eigenvalue weighted by atomic mass is 9.85. The minimum Gasteiger partial charge on any atom is -0.354 e. The molecular formula is C22H24ClN3O3. The molecule has 1 heterocycles. The second-order valence-corrected chi connectivity index (χ2v) is 7.51. The second kappa shape index (κ2) is 9.09. The average molecular weight is 414 g/mol. The number of nitrogens with zero attached hydrogens (tertiary/aromatic N) is 1. The lowest BCUT2D eigenvalue weighted by Crippen LogP contribution is -2.45. The van der Waals surface area contributed by atoms with Gasteiger partial charge in [0, 0.05) is 11.6 Å². The highest BCUT2D eigenvalue weighted by atomic mass is 35.5. The summed E-state index contributed by atoms with van der Waals surface area (Å²) in [5, 5.41) is 6.22. The lowest BCUT2D eigenvalue weighted by molar-refractivity contribution is -0.135. The topological polar surface area (TPSA) is 78.5 Å². The molecule has 0 radical (unpaired) electrons. The molecule has 1 aliphatic heterocycles. The van der Waals surface area contributed by atoms with E-state index in [9.17, 15) is 14.4 Å². The first-order valence-corrected chi connectivity index (χ1v) is 10.0. The van der Waals surface area contributed by atoms with Crippen molar-refractivity contribution in [1.82, 2.24) is 15.5 Å². The summed E-state index contributed by atoms with van der Waals surface area (Å²) in [5.41, 5.74) is 0.608. The van der Waals surface area contributed by atoms with E-state index in [1.165, 1.54) is 0 Å². The van der Waals surface area contributed by atoms with E-state index in [-0.39, 0.29) is 18.4 Å². The van der Waals surface area contributed by atoms with Crippen LogP contribution in [0.25, 0.3) is 0 Å². The number of hydrogen-bond acceptors (Lipinski definition) is 3. The SMILES string of the molecule is CCC[C@@]1(c2ccccc2)NC(=O)N(CC(=O)NCCc2cccc(Cl)c2)C1=O. The largest absolute Gasteiger partial charge is 0.354 e. The Labute approximate surface area is 175 Å². The maximum atomic E-state index is 13.1. The van der Waals surface area contributed by atoms with Crippen molar-refractivity contribution < 1.29 is 14.4 Å². The predicted molar refractivity (Wildman–Crippen MR) is 111 cm³/mol. The molecule has 0 saturated carbocycles. The van der Waals surface area contributed by atoms with E-state index in [2.05, 4.69) is 10.6 Å². The van der Waals surface area contributed by atoms with Crippen molar-refractivity contribution in [2.24, 2.45) is 0 Å². The molecule has 0 spiro atoms. The molecular weight excluding hydrogens is 390 g/mol. The number of hydrogen-bond donors (Lipinski definition) is 2. The van der Waals surface area contributed by atoms with Crippen molar-refractivity contribution in [3.63, 3.8) is 0 Å². The van der Waals surface area contributed by atoms with Gasteiger partial charge in [-0.05, 0) is 36.1 Å². The Morgan fingerprint density at radius 3 is 2.59 bits per heavy atom. The molecule has 29 heavy (non-hydrogen) atoms. The summed E-state index contributed by atoms with van der Waals surface area (Å²) in [5.74, 6) is -0.767. The Morgan fingerprint density at radius 1 is 1.14 bits per heavy atom. The standard InChI is InChI=1S/C22H24ClN3O3/c1-2-12-22(17-8-4-3-5-9-17)20(28)26(21(29)25-22)15-19(27)24-13-11-16-7-6-10-18(23)14-16/h3-10,14H,2,11-13,15H2,1H3,(H,24,27)(H,25,29)/t22-/m0/s1. The third-order valence-electron chi connectivity index (χ3n) is 4.99. The minimum absolute atomic E-state index is 0.307. The smallest absolute Gasteiger partial charge is 0.325 e. The van der Waals surface area contributed by atoms with E-state index in [4.69, 9.17) is 11.6 Å². The Hall–Kier alpha value is -2.86. The summed E-state index contributed by atoms with van der Waals surface area (Å²) in [6.45, 7) is 2.04. The van der Waals surface area contributed by atoms with Crippen molar-refractivity contribution in [2.75, 3.05) is 13.1 Å². The highest BCUT2D eigenvalue weighted by Crippen LogP contribution is 2.33. The van der Waals surface area contributed by atoms with E-state index < -0.39 is 11.6 Å². The van der Waals surface area contributed by atoms with Crippen molar-refractivity contribution in [1.29, 1.82) is 0 Å². The molecule has 1 aliphatic rings. The number of carbonyl (C=O) groups is 3. The molecule has 2 N–H and O–H groups in total. The van der Waals surface area contributed by atoms with Gasteiger partial charge >= 0.3 is 6.03 Å². The summed E-state index contributed by atoms with van der Waals surface area (Å²) in [4.78, 5) is 39.0. The molecule has 0 aliphatic carbocycles. The van der Waals surface area contributed by atoms with Gasteiger partial charge in [0.05, 0.1) is 0 Å². The molecule has 0 aromatic heterocycles. The van der Waals surface area contributed by atoms with Crippen molar-refractivity contribution in [3.05, 3.63) is 70.7 Å². The summed E-state index contributed by atoms with van der Waals surface area (Å²) in [6, 6.07) is 16.0. The van der Waals surface area contributed by atoms with Crippen LogP contribution in [0.1, 0.15) is 30.9 Å². The maximum absolute atomic E-state index is 13.1.